The second-order valence-electron chi connectivity index (χ2n) is 9.14. The average Bonchev–Trinajstić information content (AvgIpc) is 2.64. The molecule has 26 heavy (non-hydrogen) atoms. The zero-order valence-corrected chi connectivity index (χ0v) is 16.9. The van der Waals surface area contributed by atoms with E-state index in [1.54, 1.807) is 0 Å². The van der Waals surface area contributed by atoms with Gasteiger partial charge in [0, 0.05) is 0 Å². The molecule has 8 heteroatoms. The van der Waals surface area contributed by atoms with Gasteiger partial charge in [-0.05, 0) is 91.9 Å². The Labute approximate surface area is 157 Å². The van der Waals surface area contributed by atoms with E-state index in [1.165, 1.54) is 0 Å². The Morgan fingerprint density at radius 3 is 0.769 bits per heavy atom. The molecule has 0 spiro atoms. The van der Waals surface area contributed by atoms with Crippen molar-refractivity contribution >= 4 is 0 Å². The summed E-state index contributed by atoms with van der Waals surface area (Å²) in [5.74, 6) is 0. The first-order valence-electron chi connectivity index (χ1n) is 9.62. The van der Waals surface area contributed by atoms with Gasteiger partial charge in [-0.3, -0.25) is 0 Å². The zero-order valence-electron chi connectivity index (χ0n) is 16.9. The zero-order chi connectivity index (χ0) is 19.9. The Hall–Kier alpha value is -1.60. The van der Waals surface area contributed by atoms with Crippen molar-refractivity contribution in [3.63, 3.8) is 0 Å². The molecule has 4 atom stereocenters. The summed E-state index contributed by atoms with van der Waals surface area (Å²) in [6.07, 6.45) is 7.70. The first kappa shape index (κ1) is 22.4. The first-order valence-corrected chi connectivity index (χ1v) is 9.62. The lowest BCUT2D eigenvalue weighted by Gasteiger charge is -2.34. The van der Waals surface area contributed by atoms with E-state index >= 15 is 0 Å². The average molecular weight is 365 g/mol. The summed E-state index contributed by atoms with van der Waals surface area (Å²) in [5, 5.41) is 15.6. The van der Waals surface area contributed by atoms with Crippen LogP contribution in [0.15, 0.2) is 20.5 Å². The van der Waals surface area contributed by atoms with Crippen LogP contribution in [0.3, 0.4) is 0 Å². The van der Waals surface area contributed by atoms with E-state index in [2.05, 4.69) is 20.5 Å². The lowest BCUT2D eigenvalue weighted by Crippen LogP contribution is -2.33. The first-order chi connectivity index (χ1) is 12.1. The van der Waals surface area contributed by atoms with Gasteiger partial charge in [-0.15, -0.1) is 0 Å². The van der Waals surface area contributed by atoms with Crippen molar-refractivity contribution in [2.24, 2.45) is 20.5 Å². The SMILES string of the molecule is CC1(N=N)CCCC(C)(N=N)CCC(C)(N=N)CCCC(C)(N=N)CC1. The highest BCUT2D eigenvalue weighted by Crippen LogP contribution is 2.37. The van der Waals surface area contributed by atoms with Crippen LogP contribution < -0.4 is 0 Å². The number of nitrogens with zero attached hydrogens (tertiary/aromatic N) is 4. The highest BCUT2D eigenvalue weighted by Gasteiger charge is 2.35. The van der Waals surface area contributed by atoms with Crippen LogP contribution in [0.2, 0.25) is 0 Å². The fourth-order valence-electron chi connectivity index (χ4n) is 3.72. The molecule has 1 aliphatic rings. The topological polar surface area (TPSA) is 145 Å². The van der Waals surface area contributed by atoms with Crippen molar-refractivity contribution < 1.29 is 0 Å². The van der Waals surface area contributed by atoms with E-state index in [0.29, 0.717) is 0 Å². The summed E-state index contributed by atoms with van der Waals surface area (Å²) in [7, 11) is 0. The molecule has 0 saturated heterocycles. The van der Waals surface area contributed by atoms with Crippen molar-refractivity contribution in [1.29, 1.82) is 22.1 Å². The van der Waals surface area contributed by atoms with Crippen molar-refractivity contribution in [2.75, 3.05) is 0 Å². The van der Waals surface area contributed by atoms with Gasteiger partial charge < -0.3 is 0 Å². The van der Waals surface area contributed by atoms with Gasteiger partial charge in [-0.25, -0.2) is 22.1 Å². The maximum absolute atomic E-state index is 7.63. The molecule has 0 aromatic heterocycles. The fourth-order valence-corrected chi connectivity index (χ4v) is 3.72. The number of hydrogen-bond acceptors (Lipinski definition) is 8. The Morgan fingerprint density at radius 1 is 0.423 bits per heavy atom. The summed E-state index contributed by atoms with van der Waals surface area (Å²) in [5.41, 5.74) is 28.7. The predicted octanol–water partition coefficient (Wildman–Crippen LogP) is 7.06. The molecule has 0 amide bonds. The molecule has 0 aromatic carbocycles. The third-order valence-electron chi connectivity index (χ3n) is 6.35. The van der Waals surface area contributed by atoms with Crippen molar-refractivity contribution in [1.82, 2.24) is 0 Å². The number of hydrogen-bond donors (Lipinski definition) is 4. The fraction of sp³-hybridized carbons (Fsp3) is 1.00. The van der Waals surface area contributed by atoms with Crippen LogP contribution in [0.25, 0.3) is 0 Å². The Balaban J connectivity index is 3.02. The molecule has 0 aliphatic heterocycles. The minimum Gasteiger partial charge on any atom is -0.209 e. The monoisotopic (exact) mass is 364 g/mol. The molecule has 0 heterocycles. The molecule has 1 fully saturated rings. The lowest BCUT2D eigenvalue weighted by molar-refractivity contribution is 0.239. The Bertz CT molecular complexity index is 433. The van der Waals surface area contributed by atoms with Gasteiger partial charge in [0.25, 0.3) is 0 Å². The molecule has 8 nitrogen and oxygen atoms in total. The maximum atomic E-state index is 7.63. The van der Waals surface area contributed by atoms with Crippen LogP contribution in [0.4, 0.5) is 0 Å². The van der Waals surface area contributed by atoms with Crippen molar-refractivity contribution in [3.05, 3.63) is 0 Å². The van der Waals surface area contributed by atoms with Gasteiger partial charge in [-0.2, -0.15) is 20.5 Å². The van der Waals surface area contributed by atoms with E-state index in [1.807, 2.05) is 27.7 Å². The molecule has 0 aromatic rings. The molecule has 4 N–H and O–H groups in total. The highest BCUT2D eigenvalue weighted by atomic mass is 15.1. The second-order valence-corrected chi connectivity index (χ2v) is 9.14. The normalized spacial score (nSPS) is 40.8. The van der Waals surface area contributed by atoms with Crippen LogP contribution in [0.5, 0.6) is 0 Å². The van der Waals surface area contributed by atoms with Gasteiger partial charge in [0.2, 0.25) is 0 Å². The molecule has 1 rings (SSSR count). The Kier molecular flexibility index (Phi) is 7.65. The van der Waals surface area contributed by atoms with Gasteiger partial charge >= 0.3 is 0 Å². The largest absolute Gasteiger partial charge is 0.209 e. The number of nitrogens with one attached hydrogen (secondary N) is 4. The molecule has 148 valence electrons. The van der Waals surface area contributed by atoms with E-state index in [9.17, 15) is 0 Å². The van der Waals surface area contributed by atoms with E-state index in [4.69, 9.17) is 22.1 Å². The van der Waals surface area contributed by atoms with E-state index in [0.717, 1.165) is 64.2 Å². The minimum atomic E-state index is -0.440. The van der Waals surface area contributed by atoms with Crippen LogP contribution in [-0.2, 0) is 0 Å². The lowest BCUT2D eigenvalue weighted by atomic mass is 9.77. The maximum Gasteiger partial charge on any atom is 0.0786 e. The van der Waals surface area contributed by atoms with Crippen LogP contribution >= 0.6 is 0 Å². The highest BCUT2D eigenvalue weighted by molar-refractivity contribution is 4.93. The second kappa shape index (κ2) is 8.86. The third kappa shape index (κ3) is 6.29. The van der Waals surface area contributed by atoms with Gasteiger partial charge in [-0.1, -0.05) is 0 Å². The van der Waals surface area contributed by atoms with Crippen LogP contribution in [0, 0.1) is 22.1 Å². The standard InChI is InChI=1S/C18H36N8/c1-15(23-19)7-5-8-17(3,25-21)13-14-18(4,26-22)10-6-9-16(2,24-20)12-11-15/h19-22H,5-14H2,1-4H3. The molecule has 0 radical (unpaired) electrons. The summed E-state index contributed by atoms with van der Waals surface area (Å²) in [4.78, 5) is 0. The Morgan fingerprint density at radius 2 is 0.615 bits per heavy atom. The molecule has 4 unspecified atom stereocenters. The van der Waals surface area contributed by atoms with Crippen molar-refractivity contribution in [3.8, 4) is 0 Å². The van der Waals surface area contributed by atoms with Crippen LogP contribution in [0.1, 0.15) is 91.9 Å². The van der Waals surface area contributed by atoms with Gasteiger partial charge in [0.15, 0.2) is 0 Å². The van der Waals surface area contributed by atoms with Crippen LogP contribution in [-0.4, -0.2) is 22.2 Å². The molecule has 0 bridgehead atoms. The summed E-state index contributed by atoms with van der Waals surface area (Å²) in [6, 6.07) is 0. The van der Waals surface area contributed by atoms with E-state index < -0.39 is 22.2 Å². The molecule has 1 saturated carbocycles. The van der Waals surface area contributed by atoms with Gasteiger partial charge in [0.1, 0.15) is 0 Å². The minimum absolute atomic E-state index is 0.440. The summed E-state index contributed by atoms with van der Waals surface area (Å²) >= 11 is 0. The quantitative estimate of drug-likeness (QED) is 0.378. The smallest absolute Gasteiger partial charge is 0.0786 e. The molecular weight excluding hydrogens is 328 g/mol. The van der Waals surface area contributed by atoms with E-state index in [-0.39, 0.29) is 0 Å². The predicted molar refractivity (Wildman–Crippen MR) is 100 cm³/mol. The molecular formula is C18H36N8. The van der Waals surface area contributed by atoms with Crippen molar-refractivity contribution in [2.45, 2.75) is 114 Å². The molecule has 1 aliphatic carbocycles. The van der Waals surface area contributed by atoms with Gasteiger partial charge in [0.05, 0.1) is 22.2 Å². The summed E-state index contributed by atoms with van der Waals surface area (Å²) < 4.78 is 0. The number of rotatable bonds is 4. The summed E-state index contributed by atoms with van der Waals surface area (Å²) in [6.45, 7) is 8.01. The third-order valence-corrected chi connectivity index (χ3v) is 6.35.